The predicted molar refractivity (Wildman–Crippen MR) is 42.5 cm³/mol. The molecule has 9 heavy (non-hydrogen) atoms. The van der Waals surface area contributed by atoms with Gasteiger partial charge in [-0.1, -0.05) is 6.92 Å². The fourth-order valence-corrected chi connectivity index (χ4v) is 0.341. The van der Waals surface area contributed by atoms with E-state index in [2.05, 4.69) is 0 Å². The summed E-state index contributed by atoms with van der Waals surface area (Å²) in [4.78, 5) is 0. The van der Waals surface area contributed by atoms with Crippen molar-refractivity contribution in [3.05, 3.63) is 0 Å². The Labute approximate surface area is 68.1 Å². The molecule has 2 unspecified atom stereocenters. The number of rotatable bonds is 2. The van der Waals surface area contributed by atoms with E-state index in [1.807, 2.05) is 6.92 Å². The van der Waals surface area contributed by atoms with Crippen molar-refractivity contribution in [1.82, 2.24) is 0 Å². The van der Waals surface area contributed by atoms with Gasteiger partial charge in [0.25, 0.3) is 0 Å². The maximum atomic E-state index is 8.69. The van der Waals surface area contributed by atoms with Gasteiger partial charge in [0.1, 0.15) is 0 Å². The highest BCUT2D eigenvalue weighted by atomic mass is 35.5. The van der Waals surface area contributed by atoms with Crippen LogP contribution in [-0.2, 0) is 0 Å². The number of aliphatic hydroxyl groups excluding tert-OH is 2. The first-order valence-electron chi connectivity index (χ1n) is 2.54. The minimum Gasteiger partial charge on any atom is -0.391 e. The normalized spacial score (nSPS) is 14.7. The van der Waals surface area contributed by atoms with Crippen molar-refractivity contribution in [2.75, 3.05) is 0 Å². The van der Waals surface area contributed by atoms with Crippen LogP contribution in [0.1, 0.15) is 20.3 Å². The van der Waals surface area contributed by atoms with Crippen LogP contribution in [0.4, 0.5) is 0 Å². The van der Waals surface area contributed by atoms with Gasteiger partial charge in [0.2, 0.25) is 0 Å². The summed E-state index contributed by atoms with van der Waals surface area (Å²) in [7, 11) is 0. The van der Waals surface area contributed by atoms with Gasteiger partial charge in [0, 0.05) is 0 Å². The molecule has 0 radical (unpaired) electrons. The van der Waals surface area contributed by atoms with Crippen LogP contribution in [0.15, 0.2) is 0 Å². The van der Waals surface area contributed by atoms with Gasteiger partial charge in [-0.05, 0) is 13.3 Å². The van der Waals surface area contributed by atoms with Gasteiger partial charge in [-0.25, -0.2) is 0 Å². The Morgan fingerprint density at radius 1 is 1.22 bits per heavy atom. The summed E-state index contributed by atoms with van der Waals surface area (Å²) in [5.41, 5.74) is 0. The SMILES string of the molecule is CCC(O)C(C)O.Cl.Cl. The molecule has 2 nitrogen and oxygen atoms in total. The van der Waals surface area contributed by atoms with Gasteiger partial charge in [0.15, 0.2) is 0 Å². The lowest BCUT2D eigenvalue weighted by atomic mass is 10.2. The first-order chi connectivity index (χ1) is 3.18. The molecule has 0 aromatic rings. The van der Waals surface area contributed by atoms with Crippen LogP contribution in [0.25, 0.3) is 0 Å². The maximum Gasteiger partial charge on any atom is 0.0793 e. The van der Waals surface area contributed by atoms with Crippen molar-refractivity contribution in [3.8, 4) is 0 Å². The van der Waals surface area contributed by atoms with Crippen molar-refractivity contribution in [2.24, 2.45) is 0 Å². The van der Waals surface area contributed by atoms with Crippen LogP contribution in [0.5, 0.6) is 0 Å². The molecule has 0 amide bonds. The Bertz CT molecular complexity index is 50.2. The van der Waals surface area contributed by atoms with Crippen LogP contribution in [0, 0.1) is 0 Å². The van der Waals surface area contributed by atoms with E-state index in [9.17, 15) is 0 Å². The Hall–Kier alpha value is 0.500. The van der Waals surface area contributed by atoms with Crippen molar-refractivity contribution < 1.29 is 10.2 Å². The maximum absolute atomic E-state index is 8.69. The van der Waals surface area contributed by atoms with E-state index in [0.717, 1.165) is 0 Å². The molecule has 0 rings (SSSR count). The van der Waals surface area contributed by atoms with Gasteiger partial charge in [-0.2, -0.15) is 0 Å². The van der Waals surface area contributed by atoms with E-state index in [0.29, 0.717) is 6.42 Å². The summed E-state index contributed by atoms with van der Waals surface area (Å²) >= 11 is 0. The number of halogens is 2. The van der Waals surface area contributed by atoms with Gasteiger partial charge >= 0.3 is 0 Å². The van der Waals surface area contributed by atoms with Crippen LogP contribution in [-0.4, -0.2) is 22.4 Å². The van der Waals surface area contributed by atoms with E-state index in [1.165, 1.54) is 0 Å². The van der Waals surface area contributed by atoms with Crippen molar-refractivity contribution in [2.45, 2.75) is 32.5 Å². The van der Waals surface area contributed by atoms with E-state index < -0.39 is 12.2 Å². The molecule has 0 aliphatic rings. The molecule has 0 heterocycles. The van der Waals surface area contributed by atoms with Gasteiger partial charge in [-0.3, -0.25) is 0 Å². The second-order valence-electron chi connectivity index (χ2n) is 1.72. The predicted octanol–water partition coefficient (Wildman–Crippen LogP) is 0.982. The first kappa shape index (κ1) is 16.2. The van der Waals surface area contributed by atoms with Crippen LogP contribution < -0.4 is 0 Å². The minimum atomic E-state index is -0.579. The molecule has 0 bridgehead atoms. The lowest BCUT2D eigenvalue weighted by Crippen LogP contribution is -2.20. The fourth-order valence-electron chi connectivity index (χ4n) is 0.341. The summed E-state index contributed by atoms with van der Waals surface area (Å²) in [6, 6.07) is 0. The second kappa shape index (κ2) is 8.50. The molecule has 2 atom stereocenters. The zero-order valence-electron chi connectivity index (χ0n) is 5.57. The van der Waals surface area contributed by atoms with E-state index >= 15 is 0 Å². The quantitative estimate of drug-likeness (QED) is 0.660. The zero-order valence-corrected chi connectivity index (χ0v) is 7.21. The third-order valence-corrected chi connectivity index (χ3v) is 0.975. The van der Waals surface area contributed by atoms with Crippen molar-refractivity contribution in [1.29, 1.82) is 0 Å². The summed E-state index contributed by atoms with van der Waals surface area (Å²) in [5, 5.41) is 17.3. The molecule has 2 N–H and O–H groups in total. The number of aliphatic hydroxyl groups is 2. The van der Waals surface area contributed by atoms with Crippen molar-refractivity contribution in [3.63, 3.8) is 0 Å². The summed E-state index contributed by atoms with van der Waals surface area (Å²) in [6.45, 7) is 3.41. The Morgan fingerprint density at radius 3 is 1.56 bits per heavy atom. The summed E-state index contributed by atoms with van der Waals surface area (Å²) in [5.74, 6) is 0. The molecule has 0 aromatic heterocycles. The zero-order chi connectivity index (χ0) is 5.86. The van der Waals surface area contributed by atoms with Gasteiger partial charge in [-0.15, -0.1) is 24.8 Å². The highest BCUT2D eigenvalue weighted by Crippen LogP contribution is 1.94. The number of hydrogen-bond acceptors (Lipinski definition) is 2. The largest absolute Gasteiger partial charge is 0.391 e. The molecule has 0 spiro atoms. The molecular weight excluding hydrogens is 163 g/mol. The third kappa shape index (κ3) is 8.50. The smallest absolute Gasteiger partial charge is 0.0793 e. The van der Waals surface area contributed by atoms with Crippen LogP contribution in [0.3, 0.4) is 0 Å². The molecule has 0 saturated heterocycles. The van der Waals surface area contributed by atoms with E-state index in [1.54, 1.807) is 6.92 Å². The van der Waals surface area contributed by atoms with Crippen LogP contribution in [0.2, 0.25) is 0 Å². The highest BCUT2D eigenvalue weighted by Gasteiger charge is 2.05. The van der Waals surface area contributed by atoms with Crippen molar-refractivity contribution >= 4 is 24.8 Å². The number of hydrogen-bond donors (Lipinski definition) is 2. The van der Waals surface area contributed by atoms with E-state index in [4.69, 9.17) is 10.2 Å². The lowest BCUT2D eigenvalue weighted by molar-refractivity contribution is 0.0294. The van der Waals surface area contributed by atoms with Gasteiger partial charge in [0.05, 0.1) is 12.2 Å². The molecule has 0 aromatic carbocycles. The molecular formula is C5H14Cl2O2. The lowest BCUT2D eigenvalue weighted by Gasteiger charge is -2.08. The highest BCUT2D eigenvalue weighted by molar-refractivity contribution is 5.85. The molecule has 0 aliphatic heterocycles. The second-order valence-corrected chi connectivity index (χ2v) is 1.72. The first-order valence-corrected chi connectivity index (χ1v) is 2.54. The fraction of sp³-hybridized carbons (Fsp3) is 1.00. The standard InChI is InChI=1S/C5H12O2.2ClH/c1-3-5(7)4(2)6;;/h4-7H,3H2,1-2H3;2*1H. The molecule has 0 saturated carbocycles. The molecule has 0 fully saturated rings. The Morgan fingerprint density at radius 2 is 1.56 bits per heavy atom. The third-order valence-electron chi connectivity index (χ3n) is 0.975. The van der Waals surface area contributed by atoms with Crippen LogP contribution >= 0.6 is 24.8 Å². The topological polar surface area (TPSA) is 40.5 Å². The summed E-state index contributed by atoms with van der Waals surface area (Å²) < 4.78 is 0. The summed E-state index contributed by atoms with van der Waals surface area (Å²) in [6.07, 6.45) is -0.498. The monoisotopic (exact) mass is 176 g/mol. The average molecular weight is 177 g/mol. The Kier molecular flexibility index (Phi) is 15.3. The minimum absolute atomic E-state index is 0. The molecule has 0 aliphatic carbocycles. The average Bonchev–Trinajstić information content (AvgIpc) is 1.65. The molecule has 60 valence electrons. The van der Waals surface area contributed by atoms with Gasteiger partial charge < -0.3 is 10.2 Å². The molecule has 4 heteroatoms. The Balaban J connectivity index is -0.000000180. The van der Waals surface area contributed by atoms with E-state index in [-0.39, 0.29) is 24.8 Å².